The van der Waals surface area contributed by atoms with Gasteiger partial charge in [0.15, 0.2) is 46.5 Å². The molecule has 0 spiro atoms. The molecule has 4 aromatic carbocycles. The second-order valence-corrected chi connectivity index (χ2v) is 11.0. The van der Waals surface area contributed by atoms with Crippen molar-refractivity contribution >= 4 is 28.0 Å². The number of hydrogen-bond donors (Lipinski definition) is 0. The summed E-state index contributed by atoms with van der Waals surface area (Å²) in [4.78, 5) is 0. The van der Waals surface area contributed by atoms with E-state index < -0.39 is 168 Å². The molecule has 30 heteroatoms. The molecular formula is C28BF28K. The van der Waals surface area contributed by atoms with Crippen molar-refractivity contribution in [1.82, 2.24) is 0 Å². The van der Waals surface area contributed by atoms with Gasteiger partial charge in [-0.1, -0.05) is 0 Å². The molecule has 4 aromatic rings. The molecule has 0 bridgehead atoms. The van der Waals surface area contributed by atoms with Crippen LogP contribution >= 0.6 is 0 Å². The van der Waals surface area contributed by atoms with Crippen molar-refractivity contribution in [3.63, 3.8) is 0 Å². The molecule has 0 N–H and O–H groups in total. The molecule has 0 atom stereocenters. The molecular weight excluding hydrogens is 918 g/mol. The van der Waals surface area contributed by atoms with Crippen LogP contribution in [0.1, 0.15) is 22.3 Å². The van der Waals surface area contributed by atoms with Gasteiger partial charge in [-0.3, -0.25) is 0 Å². The van der Waals surface area contributed by atoms with Gasteiger partial charge in [0.1, 0.15) is 74.9 Å². The summed E-state index contributed by atoms with van der Waals surface area (Å²) in [5, 5.41) is 0. The summed E-state index contributed by atoms with van der Waals surface area (Å²) in [7, 11) is 0. The quantitative estimate of drug-likeness (QED) is 0.127. The number of alkyl halides is 12. The Morgan fingerprint density at radius 1 is 0.207 bits per heavy atom. The third-order valence-corrected chi connectivity index (χ3v) is 8.06. The van der Waals surface area contributed by atoms with Crippen LogP contribution in [-0.2, 0) is 24.7 Å². The van der Waals surface area contributed by atoms with E-state index in [0.29, 0.717) is 0 Å². The predicted octanol–water partition coefficient (Wildman–Crippen LogP) is 6.37. The van der Waals surface area contributed by atoms with Crippen molar-refractivity contribution in [2.75, 3.05) is 0 Å². The smallest absolute Gasteiger partial charge is 0.207 e. The van der Waals surface area contributed by atoms with Crippen LogP contribution in [0.3, 0.4) is 0 Å². The van der Waals surface area contributed by atoms with E-state index in [1.54, 1.807) is 0 Å². The van der Waals surface area contributed by atoms with Crippen LogP contribution in [-0.4, -0.2) is 6.15 Å². The van der Waals surface area contributed by atoms with Gasteiger partial charge in [0.05, 0.1) is 0 Å². The molecule has 0 aromatic heterocycles. The topological polar surface area (TPSA) is 0 Å². The Labute approximate surface area is 340 Å². The summed E-state index contributed by atoms with van der Waals surface area (Å²) < 4.78 is 409. The van der Waals surface area contributed by atoms with Gasteiger partial charge in [-0.15, -0.1) is 21.9 Å². The molecule has 0 aliphatic carbocycles. The fourth-order valence-corrected chi connectivity index (χ4v) is 5.98. The first-order chi connectivity index (χ1) is 25.5. The number of benzene rings is 4. The zero-order chi connectivity index (χ0) is 44.4. The standard InChI is InChI=1S/C28BF28.K/c30-9-1(25(46,47)48)10(31)18(39)5(17(9)38)29(6-19(40)11(32)2(26(49,50)51)12(33)20(6)41,7-21(42)13(34)3(27(52,53)54)14(35)22(7)43)8-23(44)15(36)4(28(55,56)57)16(37)24(8)45;/q-1;+1. The van der Waals surface area contributed by atoms with Crippen LogP contribution in [0.25, 0.3) is 0 Å². The van der Waals surface area contributed by atoms with Crippen LogP contribution in [0.15, 0.2) is 0 Å². The van der Waals surface area contributed by atoms with Crippen LogP contribution in [0.4, 0.5) is 123 Å². The molecule has 0 saturated heterocycles. The van der Waals surface area contributed by atoms with E-state index in [1.807, 2.05) is 0 Å². The van der Waals surface area contributed by atoms with Gasteiger partial charge in [-0.2, -0.15) is 52.7 Å². The molecule has 0 radical (unpaired) electrons. The summed E-state index contributed by atoms with van der Waals surface area (Å²) in [5.41, 5.74) is -33.4. The monoisotopic (exact) mass is 918 g/mol. The average Bonchev–Trinajstić information content (AvgIpc) is 3.02. The minimum absolute atomic E-state index is 0. The number of hydrogen-bond acceptors (Lipinski definition) is 0. The van der Waals surface area contributed by atoms with Crippen molar-refractivity contribution < 1.29 is 174 Å². The Morgan fingerprint density at radius 2 is 0.310 bits per heavy atom. The van der Waals surface area contributed by atoms with Crippen LogP contribution in [0, 0.1) is 93.1 Å². The Bertz CT molecular complexity index is 1920. The molecule has 0 saturated carbocycles. The number of halogens is 28. The molecule has 0 heterocycles. The molecule has 0 aliphatic rings. The Morgan fingerprint density at radius 3 is 0.397 bits per heavy atom. The summed E-state index contributed by atoms with van der Waals surface area (Å²) in [5.74, 6) is -69.9. The van der Waals surface area contributed by atoms with Crippen molar-refractivity contribution in [3.8, 4) is 0 Å². The molecule has 0 nitrogen and oxygen atoms in total. The Kier molecular flexibility index (Phi) is 12.9. The van der Waals surface area contributed by atoms with Crippen LogP contribution < -0.4 is 73.2 Å². The third-order valence-electron chi connectivity index (χ3n) is 8.06. The van der Waals surface area contributed by atoms with E-state index in [1.165, 1.54) is 0 Å². The predicted molar refractivity (Wildman–Crippen MR) is 129 cm³/mol. The molecule has 58 heavy (non-hydrogen) atoms. The van der Waals surface area contributed by atoms with Gasteiger partial charge < -0.3 is 0 Å². The van der Waals surface area contributed by atoms with Crippen molar-refractivity contribution in [1.29, 1.82) is 0 Å². The summed E-state index contributed by atoms with van der Waals surface area (Å²) >= 11 is 0. The normalized spacial score (nSPS) is 13.0. The van der Waals surface area contributed by atoms with E-state index >= 15 is 70.2 Å². The van der Waals surface area contributed by atoms with Gasteiger partial charge in [0.25, 0.3) is 0 Å². The molecule has 0 aliphatic heterocycles. The van der Waals surface area contributed by atoms with Crippen molar-refractivity contribution in [2.45, 2.75) is 24.7 Å². The first kappa shape index (κ1) is 49.0. The van der Waals surface area contributed by atoms with E-state index in [4.69, 9.17) is 0 Å². The van der Waals surface area contributed by atoms with Gasteiger partial charge >= 0.3 is 76.1 Å². The summed E-state index contributed by atoms with van der Waals surface area (Å²) in [6.07, 6.45) is -35.7. The largest absolute Gasteiger partial charge is 1.00 e. The minimum Gasteiger partial charge on any atom is -0.207 e. The maximum atomic E-state index is 15.9. The first-order valence-corrected chi connectivity index (χ1v) is 13.4. The van der Waals surface area contributed by atoms with Gasteiger partial charge in [0, 0.05) is 0 Å². The molecule has 0 fully saturated rings. The molecule has 0 unspecified atom stereocenters. The molecule has 312 valence electrons. The third kappa shape index (κ3) is 7.09. The Hall–Kier alpha value is -3.38. The second-order valence-electron chi connectivity index (χ2n) is 11.0. The minimum atomic E-state index is -8.18. The van der Waals surface area contributed by atoms with E-state index in [0.717, 1.165) is 0 Å². The Balaban J connectivity index is 0.00000900. The zero-order valence-electron chi connectivity index (χ0n) is 26.2. The number of rotatable bonds is 4. The van der Waals surface area contributed by atoms with E-state index in [9.17, 15) is 52.7 Å². The van der Waals surface area contributed by atoms with Crippen molar-refractivity contribution in [2.24, 2.45) is 0 Å². The van der Waals surface area contributed by atoms with Gasteiger partial charge in [-0.25, -0.2) is 70.2 Å². The maximum absolute atomic E-state index is 15.9. The zero-order valence-corrected chi connectivity index (χ0v) is 29.3. The maximum Gasteiger partial charge on any atom is 1.00 e. The fourth-order valence-electron chi connectivity index (χ4n) is 5.98. The fraction of sp³-hybridized carbons (Fsp3) is 0.143. The average molecular weight is 918 g/mol. The first-order valence-electron chi connectivity index (χ1n) is 13.4. The second kappa shape index (κ2) is 15.3. The van der Waals surface area contributed by atoms with Crippen LogP contribution in [0.2, 0.25) is 0 Å². The van der Waals surface area contributed by atoms with Crippen LogP contribution in [0.5, 0.6) is 0 Å². The van der Waals surface area contributed by atoms with Gasteiger partial charge in [0.2, 0.25) is 0 Å². The van der Waals surface area contributed by atoms with Gasteiger partial charge in [-0.05, 0) is 0 Å². The summed E-state index contributed by atoms with van der Waals surface area (Å²) in [6, 6.07) is 0. The summed E-state index contributed by atoms with van der Waals surface area (Å²) in [6.45, 7) is 0. The van der Waals surface area contributed by atoms with Crippen molar-refractivity contribution in [3.05, 3.63) is 115 Å². The SMILES string of the molecule is Fc1c(F)c(C(F)(F)F)c(F)c(F)c1[B-](c1c(F)c(F)c(C(F)(F)F)c(F)c1F)(c1c(F)c(F)c(C(F)(F)F)c(F)c1F)c1c(F)c(F)c(C(F)(F)F)c(F)c1F.[K+]. The van der Waals surface area contributed by atoms with E-state index in [2.05, 4.69) is 0 Å². The molecule has 0 amide bonds. The van der Waals surface area contributed by atoms with E-state index in [-0.39, 0.29) is 51.4 Å². The molecule has 4 rings (SSSR count).